The summed E-state index contributed by atoms with van der Waals surface area (Å²) in [6.45, 7) is 10.1. The molecule has 2 rings (SSSR count). The summed E-state index contributed by atoms with van der Waals surface area (Å²) >= 11 is 0. The Balaban J connectivity index is 1.65. The summed E-state index contributed by atoms with van der Waals surface area (Å²) in [6.07, 6.45) is 5.40. The third-order valence-electron chi connectivity index (χ3n) is 4.70. The van der Waals surface area contributed by atoms with E-state index in [4.69, 9.17) is 4.74 Å². The smallest absolute Gasteiger partial charge is 0.0506 e. The van der Waals surface area contributed by atoms with Crippen LogP contribution in [0.25, 0.3) is 0 Å². The molecule has 2 aliphatic rings. The highest BCUT2D eigenvalue weighted by molar-refractivity contribution is 4.89. The normalized spacial score (nSPS) is 31.7. The Kier molecular flexibility index (Phi) is 6.11. The van der Waals surface area contributed by atoms with Crippen LogP contribution < -0.4 is 5.32 Å². The molecule has 0 radical (unpaired) electrons. The van der Waals surface area contributed by atoms with Gasteiger partial charge in [0.05, 0.1) is 6.61 Å². The van der Waals surface area contributed by atoms with Gasteiger partial charge in [-0.1, -0.05) is 13.8 Å². The topological polar surface area (TPSA) is 24.5 Å². The third-order valence-corrected chi connectivity index (χ3v) is 4.70. The minimum Gasteiger partial charge on any atom is -0.381 e. The van der Waals surface area contributed by atoms with Crippen LogP contribution in [0.1, 0.15) is 39.5 Å². The molecule has 3 unspecified atom stereocenters. The highest BCUT2D eigenvalue weighted by Crippen LogP contribution is 2.32. The fraction of sp³-hybridized carbons (Fsp3) is 1.00. The molecule has 0 aromatic heterocycles. The molecular formula is C16H32N2O. The van der Waals surface area contributed by atoms with E-state index in [9.17, 15) is 0 Å². The zero-order valence-corrected chi connectivity index (χ0v) is 13.0. The van der Waals surface area contributed by atoms with Gasteiger partial charge in [-0.15, -0.1) is 0 Å². The van der Waals surface area contributed by atoms with Crippen LogP contribution in [0.5, 0.6) is 0 Å². The van der Waals surface area contributed by atoms with Gasteiger partial charge in [0.1, 0.15) is 0 Å². The summed E-state index contributed by atoms with van der Waals surface area (Å²) in [6, 6.07) is 0.807. The highest BCUT2D eigenvalue weighted by Gasteiger charge is 2.34. The average molecular weight is 268 g/mol. The Morgan fingerprint density at radius 2 is 2.11 bits per heavy atom. The first-order valence-corrected chi connectivity index (χ1v) is 8.15. The van der Waals surface area contributed by atoms with Gasteiger partial charge >= 0.3 is 0 Å². The van der Waals surface area contributed by atoms with Crippen LogP contribution in [0.2, 0.25) is 0 Å². The van der Waals surface area contributed by atoms with Gasteiger partial charge in [-0.2, -0.15) is 0 Å². The maximum atomic E-state index is 5.59. The molecule has 1 saturated carbocycles. The predicted molar refractivity (Wildman–Crippen MR) is 80.4 cm³/mol. The van der Waals surface area contributed by atoms with Crippen LogP contribution in [-0.4, -0.2) is 50.8 Å². The van der Waals surface area contributed by atoms with Gasteiger partial charge in [0, 0.05) is 19.2 Å². The molecule has 0 spiro atoms. The number of hydrogen-bond donors (Lipinski definition) is 1. The maximum Gasteiger partial charge on any atom is 0.0506 e. The van der Waals surface area contributed by atoms with Crippen molar-refractivity contribution in [3.8, 4) is 0 Å². The predicted octanol–water partition coefficient (Wildman–Crippen LogP) is 2.37. The van der Waals surface area contributed by atoms with Crippen molar-refractivity contribution in [2.75, 3.05) is 39.9 Å². The molecular weight excluding hydrogens is 236 g/mol. The molecule has 2 fully saturated rings. The first kappa shape index (κ1) is 15.3. The average Bonchev–Trinajstić information content (AvgIpc) is 2.34. The standard InChI is InChI=1S/C16H32N2O/c1-13(2)9-17-10-15-6-7-16(15)18(3)11-14-5-4-8-19-12-14/h13-17H,4-12H2,1-3H3. The van der Waals surface area contributed by atoms with Crippen molar-refractivity contribution in [3.05, 3.63) is 0 Å². The lowest BCUT2D eigenvalue weighted by atomic mass is 9.78. The summed E-state index contributed by atoms with van der Waals surface area (Å²) in [4.78, 5) is 2.60. The second-order valence-electron chi connectivity index (χ2n) is 6.98. The Morgan fingerprint density at radius 1 is 1.26 bits per heavy atom. The van der Waals surface area contributed by atoms with Crippen molar-refractivity contribution >= 4 is 0 Å². The van der Waals surface area contributed by atoms with Crippen LogP contribution >= 0.6 is 0 Å². The van der Waals surface area contributed by atoms with Gasteiger partial charge in [-0.25, -0.2) is 0 Å². The Bertz CT molecular complexity index is 251. The lowest BCUT2D eigenvalue weighted by molar-refractivity contribution is 0.0144. The largest absolute Gasteiger partial charge is 0.381 e. The van der Waals surface area contributed by atoms with E-state index >= 15 is 0 Å². The molecule has 0 bridgehead atoms. The second kappa shape index (κ2) is 7.61. The fourth-order valence-corrected chi connectivity index (χ4v) is 3.42. The number of nitrogens with one attached hydrogen (secondary N) is 1. The summed E-state index contributed by atoms with van der Waals surface area (Å²) in [7, 11) is 2.31. The molecule has 0 amide bonds. The molecule has 1 aliphatic heterocycles. The first-order chi connectivity index (χ1) is 9.16. The van der Waals surface area contributed by atoms with Crippen molar-refractivity contribution in [2.45, 2.75) is 45.6 Å². The molecule has 3 nitrogen and oxygen atoms in total. The van der Waals surface area contributed by atoms with E-state index in [1.807, 2.05) is 0 Å². The van der Waals surface area contributed by atoms with Crippen molar-refractivity contribution in [1.82, 2.24) is 10.2 Å². The molecule has 19 heavy (non-hydrogen) atoms. The molecule has 3 heteroatoms. The van der Waals surface area contributed by atoms with E-state index in [-0.39, 0.29) is 0 Å². The first-order valence-electron chi connectivity index (χ1n) is 8.15. The SMILES string of the molecule is CC(C)CNCC1CCC1N(C)CC1CCCOC1. The molecule has 1 N–H and O–H groups in total. The quantitative estimate of drug-likeness (QED) is 0.767. The van der Waals surface area contributed by atoms with Crippen LogP contribution in [0.15, 0.2) is 0 Å². The van der Waals surface area contributed by atoms with Gasteiger partial charge < -0.3 is 15.0 Å². The summed E-state index contributed by atoms with van der Waals surface area (Å²) in [5, 5.41) is 3.62. The van der Waals surface area contributed by atoms with Gasteiger partial charge in [0.15, 0.2) is 0 Å². The van der Waals surface area contributed by atoms with Crippen LogP contribution in [0, 0.1) is 17.8 Å². The van der Waals surface area contributed by atoms with Gasteiger partial charge in [-0.05, 0) is 63.6 Å². The second-order valence-corrected chi connectivity index (χ2v) is 6.98. The molecule has 1 heterocycles. The lowest BCUT2D eigenvalue weighted by Gasteiger charge is -2.44. The zero-order valence-electron chi connectivity index (χ0n) is 13.0. The molecule has 0 aromatic rings. The molecule has 112 valence electrons. The minimum atomic E-state index is 0.760. The number of hydrogen-bond acceptors (Lipinski definition) is 3. The number of nitrogens with zero attached hydrogens (tertiary/aromatic N) is 1. The Labute approximate surface area is 119 Å². The molecule has 0 aromatic carbocycles. The van der Waals surface area contributed by atoms with Crippen molar-refractivity contribution in [1.29, 1.82) is 0 Å². The molecule has 1 aliphatic carbocycles. The number of ether oxygens (including phenoxy) is 1. The van der Waals surface area contributed by atoms with Gasteiger partial charge in [-0.3, -0.25) is 0 Å². The van der Waals surface area contributed by atoms with Crippen LogP contribution in [0.3, 0.4) is 0 Å². The Morgan fingerprint density at radius 3 is 2.68 bits per heavy atom. The van der Waals surface area contributed by atoms with E-state index in [0.29, 0.717) is 0 Å². The van der Waals surface area contributed by atoms with Gasteiger partial charge in [0.25, 0.3) is 0 Å². The number of rotatable bonds is 7. The summed E-state index contributed by atoms with van der Waals surface area (Å²) in [5.74, 6) is 2.40. The van der Waals surface area contributed by atoms with Crippen molar-refractivity contribution < 1.29 is 4.74 Å². The van der Waals surface area contributed by atoms with Gasteiger partial charge in [0.2, 0.25) is 0 Å². The van der Waals surface area contributed by atoms with Crippen molar-refractivity contribution in [2.24, 2.45) is 17.8 Å². The van der Waals surface area contributed by atoms with Crippen molar-refractivity contribution in [3.63, 3.8) is 0 Å². The third kappa shape index (κ3) is 4.73. The maximum absolute atomic E-state index is 5.59. The van der Waals surface area contributed by atoms with E-state index in [1.54, 1.807) is 0 Å². The van der Waals surface area contributed by atoms with Crippen LogP contribution in [-0.2, 0) is 4.74 Å². The summed E-state index contributed by atoms with van der Waals surface area (Å²) in [5.41, 5.74) is 0. The zero-order chi connectivity index (χ0) is 13.7. The van der Waals surface area contributed by atoms with E-state index < -0.39 is 0 Å². The Hall–Kier alpha value is -0.120. The van der Waals surface area contributed by atoms with E-state index in [1.165, 1.54) is 38.8 Å². The minimum absolute atomic E-state index is 0.760. The summed E-state index contributed by atoms with van der Waals surface area (Å²) < 4.78 is 5.59. The van der Waals surface area contributed by atoms with E-state index in [2.05, 4.69) is 31.1 Å². The molecule has 1 saturated heterocycles. The monoisotopic (exact) mass is 268 g/mol. The fourth-order valence-electron chi connectivity index (χ4n) is 3.42. The lowest BCUT2D eigenvalue weighted by Crippen LogP contribution is -2.51. The van der Waals surface area contributed by atoms with Crippen LogP contribution in [0.4, 0.5) is 0 Å². The molecule has 3 atom stereocenters. The highest BCUT2D eigenvalue weighted by atomic mass is 16.5. The van der Waals surface area contributed by atoms with E-state index in [0.717, 1.165) is 43.6 Å².